The van der Waals surface area contributed by atoms with Crippen molar-refractivity contribution >= 4 is 28.4 Å². The molecule has 1 N–H and O–H groups in total. The second-order valence-electron chi connectivity index (χ2n) is 6.50. The number of carbonyl (C=O) groups is 2. The van der Waals surface area contributed by atoms with E-state index in [1.807, 2.05) is 0 Å². The number of aromatic nitrogens is 1. The van der Waals surface area contributed by atoms with Crippen LogP contribution in [-0.2, 0) is 16.0 Å². The van der Waals surface area contributed by atoms with E-state index in [-0.39, 0.29) is 10.6 Å². The third-order valence-corrected chi connectivity index (χ3v) is 4.80. The summed E-state index contributed by atoms with van der Waals surface area (Å²) in [6, 6.07) is 1.74. The maximum atomic E-state index is 12.7. The van der Waals surface area contributed by atoms with Crippen LogP contribution in [-0.4, -0.2) is 27.4 Å². The highest BCUT2D eigenvalue weighted by Crippen LogP contribution is 2.40. The van der Waals surface area contributed by atoms with Crippen molar-refractivity contribution in [1.82, 2.24) is 4.98 Å². The molecule has 1 heterocycles. The molecule has 1 aromatic rings. The molecule has 0 aromatic carbocycles. The first-order chi connectivity index (χ1) is 11.8. The SMILES string of the molecule is CCCCCCCc1cc2c(cn1)C(=O)C(C)(OC(C)=O)C(O)=C2Cl. The van der Waals surface area contributed by atoms with Gasteiger partial charge in [-0.05, 0) is 25.8 Å². The number of Topliss-reactive ketones (excluding diaryl/α,β-unsaturated/α-hetero) is 1. The highest BCUT2D eigenvalue weighted by atomic mass is 35.5. The van der Waals surface area contributed by atoms with Crippen LogP contribution in [0.25, 0.3) is 5.03 Å². The van der Waals surface area contributed by atoms with E-state index >= 15 is 0 Å². The van der Waals surface area contributed by atoms with Crippen LogP contribution in [0.4, 0.5) is 0 Å². The molecule has 0 saturated carbocycles. The third-order valence-electron chi connectivity index (χ3n) is 4.42. The van der Waals surface area contributed by atoms with Gasteiger partial charge in [-0.25, -0.2) is 0 Å². The number of hydrogen-bond donors (Lipinski definition) is 1. The predicted octanol–water partition coefficient (Wildman–Crippen LogP) is 4.58. The second kappa shape index (κ2) is 8.00. The first-order valence-electron chi connectivity index (χ1n) is 8.64. The van der Waals surface area contributed by atoms with Crippen molar-refractivity contribution in [3.8, 4) is 0 Å². The standard InChI is InChI=1S/C19H24ClNO4/c1-4-5-6-7-8-9-13-10-14-15(11-21-13)17(23)19(3,25-12(2)22)18(24)16(14)20/h10-11,24H,4-9H2,1-3H3. The van der Waals surface area contributed by atoms with Crippen LogP contribution >= 0.6 is 11.6 Å². The number of esters is 1. The molecule has 25 heavy (non-hydrogen) atoms. The van der Waals surface area contributed by atoms with Gasteiger partial charge in [-0.1, -0.05) is 44.2 Å². The van der Waals surface area contributed by atoms with Crippen LogP contribution in [0.15, 0.2) is 18.0 Å². The number of halogens is 1. The molecule has 1 unspecified atom stereocenters. The van der Waals surface area contributed by atoms with Crippen molar-refractivity contribution in [2.24, 2.45) is 0 Å². The lowest BCUT2D eigenvalue weighted by atomic mass is 9.84. The molecule has 5 nitrogen and oxygen atoms in total. The fraction of sp³-hybridized carbons (Fsp3) is 0.526. The average Bonchev–Trinajstić information content (AvgIpc) is 2.57. The normalized spacial score (nSPS) is 19.8. The van der Waals surface area contributed by atoms with Gasteiger partial charge in [0.1, 0.15) is 0 Å². The molecule has 1 aromatic heterocycles. The number of ketones is 1. The van der Waals surface area contributed by atoms with Crippen molar-refractivity contribution in [3.63, 3.8) is 0 Å². The molecule has 1 aliphatic rings. The molecular formula is C19H24ClNO4. The number of aliphatic hydroxyl groups is 1. The molecule has 6 heteroatoms. The van der Waals surface area contributed by atoms with E-state index < -0.39 is 23.1 Å². The van der Waals surface area contributed by atoms with Gasteiger partial charge in [-0.15, -0.1) is 0 Å². The summed E-state index contributed by atoms with van der Waals surface area (Å²) in [4.78, 5) is 28.4. The zero-order valence-corrected chi connectivity index (χ0v) is 15.7. The number of rotatable bonds is 7. The van der Waals surface area contributed by atoms with Gasteiger partial charge in [-0.3, -0.25) is 14.6 Å². The lowest BCUT2D eigenvalue weighted by Crippen LogP contribution is -2.44. The summed E-state index contributed by atoms with van der Waals surface area (Å²) < 4.78 is 5.05. The van der Waals surface area contributed by atoms with Crippen molar-refractivity contribution in [2.75, 3.05) is 0 Å². The summed E-state index contributed by atoms with van der Waals surface area (Å²) in [5, 5.41) is 10.4. The molecule has 136 valence electrons. The number of carbonyl (C=O) groups excluding carboxylic acids is 2. The molecule has 0 aliphatic heterocycles. The van der Waals surface area contributed by atoms with E-state index in [1.165, 1.54) is 39.3 Å². The first-order valence-corrected chi connectivity index (χ1v) is 9.02. The van der Waals surface area contributed by atoms with Crippen LogP contribution in [0.5, 0.6) is 0 Å². The second-order valence-corrected chi connectivity index (χ2v) is 6.88. The highest BCUT2D eigenvalue weighted by molar-refractivity contribution is 6.51. The Balaban J connectivity index is 2.25. The summed E-state index contributed by atoms with van der Waals surface area (Å²) in [6.07, 6.45) is 8.00. The van der Waals surface area contributed by atoms with Gasteiger partial charge in [0.15, 0.2) is 5.76 Å². The Morgan fingerprint density at radius 1 is 1.28 bits per heavy atom. The zero-order chi connectivity index (χ0) is 18.6. The molecule has 0 amide bonds. The van der Waals surface area contributed by atoms with Gasteiger partial charge in [0.2, 0.25) is 11.4 Å². The number of aliphatic hydroxyl groups excluding tert-OH is 1. The van der Waals surface area contributed by atoms with E-state index in [4.69, 9.17) is 16.3 Å². The molecule has 0 spiro atoms. The molecule has 0 bridgehead atoms. The third kappa shape index (κ3) is 4.03. The Morgan fingerprint density at radius 3 is 2.60 bits per heavy atom. The minimum Gasteiger partial charge on any atom is -0.506 e. The van der Waals surface area contributed by atoms with Crippen LogP contribution in [0.3, 0.4) is 0 Å². The fourth-order valence-corrected chi connectivity index (χ4v) is 3.33. The number of nitrogens with zero attached hydrogens (tertiary/aromatic N) is 1. The Labute approximate surface area is 153 Å². The van der Waals surface area contributed by atoms with Gasteiger partial charge < -0.3 is 9.84 Å². The monoisotopic (exact) mass is 365 g/mol. The van der Waals surface area contributed by atoms with Crippen molar-refractivity contribution < 1.29 is 19.4 Å². The molecule has 0 fully saturated rings. The maximum absolute atomic E-state index is 12.7. The van der Waals surface area contributed by atoms with Crippen LogP contribution < -0.4 is 0 Å². The lowest BCUT2D eigenvalue weighted by Gasteiger charge is -2.32. The lowest BCUT2D eigenvalue weighted by molar-refractivity contribution is -0.150. The topological polar surface area (TPSA) is 76.5 Å². The molecular weight excluding hydrogens is 342 g/mol. The molecule has 1 atom stereocenters. The quantitative estimate of drug-likeness (QED) is 0.565. The number of unbranched alkanes of at least 4 members (excludes halogenated alkanes) is 4. The minimum atomic E-state index is -1.81. The minimum absolute atomic E-state index is 0.0213. The Kier molecular flexibility index (Phi) is 6.22. The summed E-state index contributed by atoms with van der Waals surface area (Å²) in [7, 11) is 0. The van der Waals surface area contributed by atoms with Crippen LogP contribution in [0.2, 0.25) is 0 Å². The fourth-order valence-electron chi connectivity index (χ4n) is 2.99. The van der Waals surface area contributed by atoms with Gasteiger partial charge >= 0.3 is 5.97 Å². The smallest absolute Gasteiger partial charge is 0.304 e. The largest absolute Gasteiger partial charge is 0.506 e. The Bertz CT molecular complexity index is 713. The van der Waals surface area contributed by atoms with Gasteiger partial charge in [0, 0.05) is 29.9 Å². The maximum Gasteiger partial charge on any atom is 0.304 e. The molecule has 0 radical (unpaired) electrons. The number of fused-ring (bicyclic) bond motifs is 1. The highest BCUT2D eigenvalue weighted by Gasteiger charge is 2.48. The number of hydrogen-bond acceptors (Lipinski definition) is 5. The summed E-state index contributed by atoms with van der Waals surface area (Å²) in [6.45, 7) is 4.68. The van der Waals surface area contributed by atoms with Gasteiger partial charge in [0.25, 0.3) is 0 Å². The van der Waals surface area contributed by atoms with E-state index in [1.54, 1.807) is 6.07 Å². The predicted molar refractivity (Wildman–Crippen MR) is 96.6 cm³/mol. The Morgan fingerprint density at radius 2 is 1.96 bits per heavy atom. The zero-order valence-electron chi connectivity index (χ0n) is 14.9. The number of aryl methyl sites for hydroxylation is 1. The van der Waals surface area contributed by atoms with E-state index in [0.717, 1.165) is 25.0 Å². The van der Waals surface area contributed by atoms with E-state index in [0.29, 0.717) is 5.56 Å². The summed E-state index contributed by atoms with van der Waals surface area (Å²) in [5.41, 5.74) is -0.294. The number of pyridine rings is 1. The van der Waals surface area contributed by atoms with Gasteiger partial charge in [-0.2, -0.15) is 0 Å². The average molecular weight is 366 g/mol. The van der Waals surface area contributed by atoms with Crippen molar-refractivity contribution in [1.29, 1.82) is 0 Å². The van der Waals surface area contributed by atoms with Crippen molar-refractivity contribution in [2.45, 2.75) is 64.9 Å². The van der Waals surface area contributed by atoms with Gasteiger partial charge in [0.05, 0.1) is 5.03 Å². The van der Waals surface area contributed by atoms with Crippen molar-refractivity contribution in [3.05, 3.63) is 34.8 Å². The Hall–Kier alpha value is -1.88. The first kappa shape index (κ1) is 19.4. The van der Waals surface area contributed by atoms with Crippen LogP contribution in [0.1, 0.15) is 74.5 Å². The summed E-state index contributed by atoms with van der Waals surface area (Å²) in [5.74, 6) is -1.64. The summed E-state index contributed by atoms with van der Waals surface area (Å²) >= 11 is 6.26. The van der Waals surface area contributed by atoms with E-state index in [2.05, 4.69) is 11.9 Å². The number of ether oxygens (including phenoxy) is 1. The van der Waals surface area contributed by atoms with Crippen LogP contribution in [0, 0.1) is 0 Å². The molecule has 1 aliphatic carbocycles. The van der Waals surface area contributed by atoms with E-state index in [9.17, 15) is 14.7 Å². The molecule has 2 rings (SSSR count). The molecule has 0 saturated heterocycles.